The van der Waals surface area contributed by atoms with Crippen LogP contribution in [-0.4, -0.2) is 11.1 Å². The zero-order valence-electron chi connectivity index (χ0n) is 10.2. The van der Waals surface area contributed by atoms with E-state index in [1.165, 1.54) is 6.07 Å². The number of carbonyl (C=O) groups is 1. The molecule has 20 heavy (non-hydrogen) atoms. The van der Waals surface area contributed by atoms with Crippen LogP contribution in [0.3, 0.4) is 0 Å². The zero-order valence-corrected chi connectivity index (χ0v) is 10.2. The molecular formula is C13H9N5O2. The van der Waals surface area contributed by atoms with Gasteiger partial charge in [-0.1, -0.05) is 29.4 Å². The standard InChI is InChI=1S/C13H9N5O2/c14-18-16-10-7-5-9(6-8-10)15-17-12-4-2-1-3-11(12)13(19)20/h1-8H,(H,19,20). The summed E-state index contributed by atoms with van der Waals surface area (Å²) in [4.78, 5) is 13.7. The normalized spacial score (nSPS) is 10.2. The molecule has 0 bridgehead atoms. The molecule has 0 heterocycles. The Balaban J connectivity index is 2.25. The predicted molar refractivity (Wildman–Crippen MR) is 72.8 cm³/mol. The van der Waals surface area contributed by atoms with Crippen LogP contribution in [-0.2, 0) is 0 Å². The maximum atomic E-state index is 11.0. The Bertz CT molecular complexity index is 703. The van der Waals surface area contributed by atoms with Gasteiger partial charge in [0.1, 0.15) is 5.69 Å². The highest BCUT2D eigenvalue weighted by Gasteiger charge is 2.07. The molecule has 7 heteroatoms. The van der Waals surface area contributed by atoms with E-state index in [1.54, 1.807) is 42.5 Å². The molecule has 0 unspecified atom stereocenters. The molecule has 0 aliphatic rings. The number of rotatable bonds is 4. The highest BCUT2D eigenvalue weighted by Crippen LogP contribution is 2.23. The Kier molecular flexibility index (Phi) is 4.06. The van der Waals surface area contributed by atoms with Crippen molar-refractivity contribution in [2.45, 2.75) is 0 Å². The molecule has 2 rings (SSSR count). The second kappa shape index (κ2) is 6.12. The number of aromatic carboxylic acids is 1. The van der Waals surface area contributed by atoms with Gasteiger partial charge in [-0.3, -0.25) is 0 Å². The van der Waals surface area contributed by atoms with Gasteiger partial charge in [-0.15, -0.1) is 5.11 Å². The molecule has 0 spiro atoms. The number of azo groups is 1. The Morgan fingerprint density at radius 2 is 1.65 bits per heavy atom. The summed E-state index contributed by atoms with van der Waals surface area (Å²) in [5, 5.41) is 20.3. The number of carboxylic acids is 1. The van der Waals surface area contributed by atoms with Crippen LogP contribution in [0.15, 0.2) is 63.9 Å². The van der Waals surface area contributed by atoms with Crippen molar-refractivity contribution < 1.29 is 9.90 Å². The average Bonchev–Trinajstić information content (AvgIpc) is 2.47. The lowest BCUT2D eigenvalue weighted by Crippen LogP contribution is -1.95. The molecule has 0 aliphatic carbocycles. The highest BCUT2D eigenvalue weighted by molar-refractivity contribution is 5.93. The van der Waals surface area contributed by atoms with Crippen LogP contribution >= 0.6 is 0 Å². The second-order valence-electron chi connectivity index (χ2n) is 3.73. The summed E-state index contributed by atoms with van der Waals surface area (Å²) < 4.78 is 0. The quantitative estimate of drug-likeness (QED) is 0.490. The van der Waals surface area contributed by atoms with E-state index in [1.807, 2.05) is 0 Å². The lowest BCUT2D eigenvalue weighted by molar-refractivity contribution is 0.0698. The number of hydrogen-bond acceptors (Lipinski definition) is 4. The molecule has 0 saturated heterocycles. The van der Waals surface area contributed by atoms with Crippen LogP contribution in [0, 0.1) is 0 Å². The maximum Gasteiger partial charge on any atom is 0.337 e. The molecule has 1 N–H and O–H groups in total. The minimum atomic E-state index is -1.06. The Hall–Kier alpha value is -3.18. The average molecular weight is 267 g/mol. The molecule has 2 aromatic carbocycles. The van der Waals surface area contributed by atoms with Crippen molar-refractivity contribution in [3.8, 4) is 0 Å². The van der Waals surface area contributed by atoms with E-state index in [9.17, 15) is 4.79 Å². The number of benzene rings is 2. The fraction of sp³-hybridized carbons (Fsp3) is 0. The second-order valence-corrected chi connectivity index (χ2v) is 3.73. The molecule has 0 fully saturated rings. The van der Waals surface area contributed by atoms with Gasteiger partial charge < -0.3 is 5.11 Å². The molecule has 0 aromatic heterocycles. The van der Waals surface area contributed by atoms with Gasteiger partial charge in [-0.25, -0.2) is 4.79 Å². The van der Waals surface area contributed by atoms with Gasteiger partial charge in [0.15, 0.2) is 0 Å². The first-order chi connectivity index (χ1) is 9.70. The summed E-state index contributed by atoms with van der Waals surface area (Å²) in [5.74, 6) is -1.06. The van der Waals surface area contributed by atoms with E-state index >= 15 is 0 Å². The largest absolute Gasteiger partial charge is 0.478 e. The number of nitrogens with zero attached hydrogens (tertiary/aromatic N) is 5. The smallest absolute Gasteiger partial charge is 0.337 e. The first-order valence-electron chi connectivity index (χ1n) is 5.60. The fourth-order valence-electron chi connectivity index (χ4n) is 1.49. The third kappa shape index (κ3) is 3.18. The molecule has 0 saturated carbocycles. The molecule has 0 amide bonds. The Morgan fingerprint density at radius 1 is 1.00 bits per heavy atom. The van der Waals surface area contributed by atoms with Crippen LogP contribution < -0.4 is 0 Å². The number of hydrogen-bond donors (Lipinski definition) is 1. The van der Waals surface area contributed by atoms with Gasteiger partial charge in [-0.2, -0.15) is 5.11 Å². The minimum absolute atomic E-state index is 0.0851. The van der Waals surface area contributed by atoms with E-state index in [4.69, 9.17) is 10.6 Å². The van der Waals surface area contributed by atoms with Crippen molar-refractivity contribution in [1.82, 2.24) is 0 Å². The van der Waals surface area contributed by atoms with Gasteiger partial charge in [0.05, 0.1) is 11.3 Å². The topological polar surface area (TPSA) is 111 Å². The minimum Gasteiger partial charge on any atom is -0.478 e. The summed E-state index contributed by atoms with van der Waals surface area (Å²) in [7, 11) is 0. The summed E-state index contributed by atoms with van der Waals surface area (Å²) in [6, 6.07) is 12.8. The van der Waals surface area contributed by atoms with Crippen molar-refractivity contribution in [1.29, 1.82) is 0 Å². The third-order valence-corrected chi connectivity index (χ3v) is 2.42. The molecule has 2 aromatic rings. The number of azide groups is 1. The molecule has 98 valence electrons. The predicted octanol–water partition coefficient (Wildman–Crippen LogP) is 4.74. The zero-order chi connectivity index (χ0) is 14.4. The molecule has 0 atom stereocenters. The summed E-state index contributed by atoms with van der Waals surface area (Å²) >= 11 is 0. The van der Waals surface area contributed by atoms with E-state index in [0.717, 1.165) is 0 Å². The fourth-order valence-corrected chi connectivity index (χ4v) is 1.49. The van der Waals surface area contributed by atoms with Crippen LogP contribution in [0.4, 0.5) is 17.1 Å². The molecule has 0 aliphatic heterocycles. The summed E-state index contributed by atoms with van der Waals surface area (Å²) in [6.45, 7) is 0. The van der Waals surface area contributed by atoms with Crippen LogP contribution in [0.25, 0.3) is 10.4 Å². The lowest BCUT2D eigenvalue weighted by atomic mass is 10.2. The van der Waals surface area contributed by atoms with Gasteiger partial charge in [0.2, 0.25) is 0 Å². The van der Waals surface area contributed by atoms with E-state index in [2.05, 4.69) is 20.3 Å². The molecular weight excluding hydrogens is 258 g/mol. The van der Waals surface area contributed by atoms with Gasteiger partial charge in [0.25, 0.3) is 0 Å². The van der Waals surface area contributed by atoms with Crippen LogP contribution in [0.2, 0.25) is 0 Å². The number of carboxylic acid groups (broad SMARTS) is 1. The first-order valence-corrected chi connectivity index (χ1v) is 5.60. The van der Waals surface area contributed by atoms with Crippen LogP contribution in [0.1, 0.15) is 10.4 Å². The molecule has 7 nitrogen and oxygen atoms in total. The van der Waals surface area contributed by atoms with Gasteiger partial charge in [-0.05, 0) is 29.8 Å². The van der Waals surface area contributed by atoms with Crippen molar-refractivity contribution in [3.05, 3.63) is 64.5 Å². The Morgan fingerprint density at radius 3 is 2.30 bits per heavy atom. The SMILES string of the molecule is [N-]=[N+]=Nc1ccc(N=Nc2ccccc2C(=O)O)cc1. The summed E-state index contributed by atoms with van der Waals surface area (Å²) in [5.41, 5.74) is 9.65. The lowest BCUT2D eigenvalue weighted by Gasteiger charge is -1.98. The van der Waals surface area contributed by atoms with E-state index in [0.29, 0.717) is 11.4 Å². The van der Waals surface area contributed by atoms with E-state index in [-0.39, 0.29) is 11.3 Å². The van der Waals surface area contributed by atoms with Crippen molar-refractivity contribution in [2.75, 3.05) is 0 Å². The van der Waals surface area contributed by atoms with Crippen molar-refractivity contribution in [3.63, 3.8) is 0 Å². The van der Waals surface area contributed by atoms with E-state index < -0.39 is 5.97 Å². The Labute approximate surface area is 113 Å². The summed E-state index contributed by atoms with van der Waals surface area (Å²) in [6.07, 6.45) is 0. The van der Waals surface area contributed by atoms with Crippen molar-refractivity contribution >= 4 is 23.0 Å². The highest BCUT2D eigenvalue weighted by atomic mass is 16.4. The van der Waals surface area contributed by atoms with Gasteiger partial charge >= 0.3 is 5.97 Å². The third-order valence-electron chi connectivity index (χ3n) is 2.42. The maximum absolute atomic E-state index is 11.0. The van der Waals surface area contributed by atoms with Crippen molar-refractivity contribution in [2.24, 2.45) is 15.3 Å². The monoisotopic (exact) mass is 267 g/mol. The van der Waals surface area contributed by atoms with Gasteiger partial charge in [0, 0.05) is 10.6 Å². The first kappa shape index (κ1) is 13.3. The molecule has 0 radical (unpaired) electrons. The van der Waals surface area contributed by atoms with Crippen LogP contribution in [0.5, 0.6) is 0 Å².